The van der Waals surface area contributed by atoms with Crippen LogP contribution in [0.25, 0.3) is 0 Å². The molecule has 0 saturated carbocycles. The van der Waals surface area contributed by atoms with Crippen LogP contribution in [0.3, 0.4) is 0 Å². The zero-order chi connectivity index (χ0) is 10.2. The molecular formula is C10H17NO2S. The van der Waals surface area contributed by atoms with Crippen molar-refractivity contribution in [3.63, 3.8) is 0 Å². The van der Waals surface area contributed by atoms with Crippen LogP contribution in [0.15, 0.2) is 12.7 Å². The van der Waals surface area contributed by atoms with Crippen LogP contribution in [0.4, 0.5) is 0 Å². The highest BCUT2D eigenvalue weighted by atomic mass is 32.2. The van der Waals surface area contributed by atoms with Crippen molar-refractivity contribution in [1.82, 2.24) is 5.32 Å². The minimum absolute atomic E-state index is 0.132. The van der Waals surface area contributed by atoms with Crippen LogP contribution >= 0.6 is 11.8 Å². The van der Waals surface area contributed by atoms with Crippen LogP contribution in [0.5, 0.6) is 0 Å². The van der Waals surface area contributed by atoms with Gasteiger partial charge in [0, 0.05) is 6.54 Å². The highest BCUT2D eigenvalue weighted by molar-refractivity contribution is 7.99. The first-order chi connectivity index (χ1) is 6.83. The highest BCUT2D eigenvalue weighted by Crippen LogP contribution is 2.19. The van der Waals surface area contributed by atoms with E-state index < -0.39 is 0 Å². The first kappa shape index (κ1) is 11.6. The minimum atomic E-state index is -0.132. The standard InChI is InChI=1S/C10H17NO2S/c1-2-10(12)11-5-6-13-9-3-7-14-8-4-9/h2,9H,1,3-8H2,(H,11,12). The number of hydrogen-bond acceptors (Lipinski definition) is 3. The molecule has 14 heavy (non-hydrogen) atoms. The summed E-state index contributed by atoms with van der Waals surface area (Å²) in [5.74, 6) is 2.26. The molecule has 4 heteroatoms. The Morgan fingerprint density at radius 2 is 2.29 bits per heavy atom. The molecule has 80 valence electrons. The molecule has 0 bridgehead atoms. The minimum Gasteiger partial charge on any atom is -0.376 e. The lowest BCUT2D eigenvalue weighted by molar-refractivity contribution is -0.116. The third kappa shape index (κ3) is 4.67. The lowest BCUT2D eigenvalue weighted by atomic mass is 10.2. The topological polar surface area (TPSA) is 38.3 Å². The predicted molar refractivity (Wildman–Crippen MR) is 59.5 cm³/mol. The van der Waals surface area contributed by atoms with E-state index in [9.17, 15) is 4.79 Å². The van der Waals surface area contributed by atoms with Crippen molar-refractivity contribution in [2.75, 3.05) is 24.7 Å². The highest BCUT2D eigenvalue weighted by Gasteiger charge is 2.13. The number of ether oxygens (including phenoxy) is 1. The quantitative estimate of drug-likeness (QED) is 0.553. The smallest absolute Gasteiger partial charge is 0.243 e. The first-order valence-corrected chi connectivity index (χ1v) is 6.08. The van der Waals surface area contributed by atoms with Crippen molar-refractivity contribution in [1.29, 1.82) is 0 Å². The summed E-state index contributed by atoms with van der Waals surface area (Å²) < 4.78 is 5.62. The summed E-state index contributed by atoms with van der Waals surface area (Å²) in [6.07, 6.45) is 3.95. The summed E-state index contributed by atoms with van der Waals surface area (Å²) >= 11 is 1.98. The van der Waals surface area contributed by atoms with Gasteiger partial charge < -0.3 is 10.1 Å². The Morgan fingerprint density at radius 3 is 2.93 bits per heavy atom. The second kappa shape index (κ2) is 6.90. The fraction of sp³-hybridized carbons (Fsp3) is 0.700. The maximum Gasteiger partial charge on any atom is 0.243 e. The van der Waals surface area contributed by atoms with Crippen LogP contribution in [-0.4, -0.2) is 36.7 Å². The van der Waals surface area contributed by atoms with E-state index >= 15 is 0 Å². The molecule has 0 aliphatic carbocycles. The zero-order valence-corrected chi connectivity index (χ0v) is 9.15. The number of thioether (sulfide) groups is 1. The largest absolute Gasteiger partial charge is 0.376 e. The maximum atomic E-state index is 10.8. The molecule has 1 N–H and O–H groups in total. The van der Waals surface area contributed by atoms with Crippen LogP contribution < -0.4 is 5.32 Å². The number of carbonyl (C=O) groups is 1. The van der Waals surface area contributed by atoms with E-state index in [4.69, 9.17) is 4.74 Å². The fourth-order valence-corrected chi connectivity index (χ4v) is 2.38. The van der Waals surface area contributed by atoms with Gasteiger partial charge >= 0.3 is 0 Å². The van der Waals surface area contributed by atoms with Gasteiger partial charge in [-0.05, 0) is 30.4 Å². The van der Waals surface area contributed by atoms with Gasteiger partial charge in [-0.2, -0.15) is 11.8 Å². The average Bonchev–Trinajstić information content (AvgIpc) is 2.25. The van der Waals surface area contributed by atoms with E-state index in [1.165, 1.54) is 17.6 Å². The van der Waals surface area contributed by atoms with E-state index in [-0.39, 0.29) is 5.91 Å². The monoisotopic (exact) mass is 215 g/mol. The molecule has 0 atom stereocenters. The van der Waals surface area contributed by atoms with Gasteiger partial charge in [-0.25, -0.2) is 0 Å². The Bertz CT molecular complexity index is 191. The van der Waals surface area contributed by atoms with E-state index in [1.807, 2.05) is 11.8 Å². The number of nitrogens with one attached hydrogen (secondary N) is 1. The van der Waals surface area contributed by atoms with Crippen molar-refractivity contribution in [3.8, 4) is 0 Å². The molecule has 0 aromatic heterocycles. The molecule has 3 nitrogen and oxygen atoms in total. The third-order valence-corrected chi connectivity index (χ3v) is 3.16. The molecule has 1 rings (SSSR count). The first-order valence-electron chi connectivity index (χ1n) is 4.92. The molecule has 1 aliphatic heterocycles. The summed E-state index contributed by atoms with van der Waals surface area (Å²) in [4.78, 5) is 10.8. The SMILES string of the molecule is C=CC(=O)NCCOC1CCSCC1. The van der Waals surface area contributed by atoms with Gasteiger partial charge in [0.2, 0.25) is 5.91 Å². The van der Waals surface area contributed by atoms with E-state index in [2.05, 4.69) is 11.9 Å². The second-order valence-electron chi connectivity index (χ2n) is 3.18. The lowest BCUT2D eigenvalue weighted by Crippen LogP contribution is -2.28. The van der Waals surface area contributed by atoms with Crippen LogP contribution in [-0.2, 0) is 9.53 Å². The van der Waals surface area contributed by atoms with Crippen molar-refractivity contribution in [2.45, 2.75) is 18.9 Å². The van der Waals surface area contributed by atoms with Crippen molar-refractivity contribution in [3.05, 3.63) is 12.7 Å². The number of hydrogen-bond donors (Lipinski definition) is 1. The van der Waals surface area contributed by atoms with Gasteiger partial charge in [-0.3, -0.25) is 4.79 Å². The molecule has 1 amide bonds. The summed E-state index contributed by atoms with van der Waals surface area (Å²) in [5, 5.41) is 2.68. The number of rotatable bonds is 5. The molecule has 0 aromatic rings. The Balaban J connectivity index is 1.97. The molecule has 0 radical (unpaired) electrons. The van der Waals surface area contributed by atoms with E-state index in [0.717, 1.165) is 12.8 Å². The average molecular weight is 215 g/mol. The normalized spacial score (nSPS) is 17.7. The van der Waals surface area contributed by atoms with Gasteiger partial charge in [0.05, 0.1) is 12.7 Å². The van der Waals surface area contributed by atoms with Crippen molar-refractivity contribution in [2.24, 2.45) is 0 Å². The van der Waals surface area contributed by atoms with Crippen LogP contribution in [0, 0.1) is 0 Å². The Morgan fingerprint density at radius 1 is 1.57 bits per heavy atom. The molecule has 1 saturated heterocycles. The predicted octanol–water partition coefficient (Wildman–Crippen LogP) is 1.20. The van der Waals surface area contributed by atoms with Crippen molar-refractivity contribution >= 4 is 17.7 Å². The number of carbonyl (C=O) groups excluding carboxylic acids is 1. The summed E-state index contributed by atoms with van der Waals surface area (Å²) in [6.45, 7) is 4.56. The summed E-state index contributed by atoms with van der Waals surface area (Å²) in [7, 11) is 0. The Hall–Kier alpha value is -0.480. The zero-order valence-electron chi connectivity index (χ0n) is 8.33. The lowest BCUT2D eigenvalue weighted by Gasteiger charge is -2.21. The summed E-state index contributed by atoms with van der Waals surface area (Å²) in [5.41, 5.74) is 0. The molecule has 1 heterocycles. The molecule has 0 unspecified atom stereocenters. The molecule has 1 aliphatic rings. The van der Waals surface area contributed by atoms with E-state index in [1.54, 1.807) is 0 Å². The van der Waals surface area contributed by atoms with Gasteiger partial charge in [0.25, 0.3) is 0 Å². The molecule has 1 fully saturated rings. The Kier molecular flexibility index (Phi) is 5.71. The van der Waals surface area contributed by atoms with Gasteiger partial charge in [-0.15, -0.1) is 0 Å². The second-order valence-corrected chi connectivity index (χ2v) is 4.40. The Labute approximate surface area is 89.3 Å². The molecular weight excluding hydrogens is 198 g/mol. The molecule has 0 spiro atoms. The van der Waals surface area contributed by atoms with Gasteiger partial charge in [-0.1, -0.05) is 6.58 Å². The fourth-order valence-electron chi connectivity index (χ4n) is 1.31. The molecule has 0 aromatic carbocycles. The van der Waals surface area contributed by atoms with Crippen LogP contribution in [0.1, 0.15) is 12.8 Å². The maximum absolute atomic E-state index is 10.8. The van der Waals surface area contributed by atoms with Crippen LogP contribution in [0.2, 0.25) is 0 Å². The third-order valence-electron chi connectivity index (χ3n) is 2.11. The van der Waals surface area contributed by atoms with E-state index in [0.29, 0.717) is 19.3 Å². The van der Waals surface area contributed by atoms with Gasteiger partial charge in [0.15, 0.2) is 0 Å². The van der Waals surface area contributed by atoms with Gasteiger partial charge in [0.1, 0.15) is 0 Å². The summed E-state index contributed by atoms with van der Waals surface area (Å²) in [6, 6.07) is 0. The van der Waals surface area contributed by atoms with Crippen molar-refractivity contribution < 1.29 is 9.53 Å². The number of amides is 1.